The van der Waals surface area contributed by atoms with Crippen LogP contribution in [0.25, 0.3) is 11.4 Å². The van der Waals surface area contributed by atoms with Crippen molar-refractivity contribution in [1.29, 1.82) is 0 Å². The molecule has 0 saturated carbocycles. The molecule has 0 aliphatic rings. The standard InChI is InChI=1S/C20H27ClN4O/c1-5-11-25(12-6-2)18(26)13-22-19-14(3)15(4)23-20(24-19)16-7-9-17(21)10-8-16/h7-10H,5-6,11-13H2,1-4H3,(H,22,23,24). The molecule has 0 aliphatic carbocycles. The average Bonchev–Trinajstić information content (AvgIpc) is 2.63. The Morgan fingerprint density at radius 3 is 2.27 bits per heavy atom. The summed E-state index contributed by atoms with van der Waals surface area (Å²) < 4.78 is 0. The molecule has 0 spiro atoms. The number of aryl methyl sites for hydroxylation is 1. The van der Waals surface area contributed by atoms with Gasteiger partial charge in [0, 0.05) is 34.9 Å². The number of amides is 1. The number of halogens is 1. The van der Waals surface area contributed by atoms with Gasteiger partial charge in [-0.1, -0.05) is 25.4 Å². The molecule has 2 aromatic rings. The highest BCUT2D eigenvalue weighted by Crippen LogP contribution is 2.23. The minimum absolute atomic E-state index is 0.0948. The number of rotatable bonds is 8. The number of aromatic nitrogens is 2. The minimum Gasteiger partial charge on any atom is -0.361 e. The van der Waals surface area contributed by atoms with Gasteiger partial charge in [0.2, 0.25) is 5.91 Å². The lowest BCUT2D eigenvalue weighted by molar-refractivity contribution is -0.129. The molecule has 6 heteroatoms. The van der Waals surface area contributed by atoms with E-state index in [0.29, 0.717) is 16.7 Å². The lowest BCUT2D eigenvalue weighted by atomic mass is 10.2. The molecule has 0 bridgehead atoms. The molecule has 1 aromatic heterocycles. The van der Waals surface area contributed by atoms with Gasteiger partial charge < -0.3 is 10.2 Å². The lowest BCUT2D eigenvalue weighted by Gasteiger charge is -2.22. The first-order valence-electron chi connectivity index (χ1n) is 9.09. The summed E-state index contributed by atoms with van der Waals surface area (Å²) in [6.45, 7) is 9.88. The number of nitrogens with one attached hydrogen (secondary N) is 1. The second-order valence-corrected chi connectivity index (χ2v) is 6.78. The molecule has 0 atom stereocenters. The van der Waals surface area contributed by atoms with Crippen LogP contribution in [0.4, 0.5) is 5.82 Å². The highest BCUT2D eigenvalue weighted by atomic mass is 35.5. The lowest BCUT2D eigenvalue weighted by Crippen LogP contribution is -2.36. The van der Waals surface area contributed by atoms with Gasteiger partial charge in [-0.25, -0.2) is 9.97 Å². The van der Waals surface area contributed by atoms with E-state index in [2.05, 4.69) is 29.1 Å². The summed E-state index contributed by atoms with van der Waals surface area (Å²) in [5.74, 6) is 1.42. The van der Waals surface area contributed by atoms with Crippen LogP contribution < -0.4 is 5.32 Å². The predicted octanol–water partition coefficient (Wildman–Crippen LogP) is 4.47. The maximum atomic E-state index is 12.5. The second kappa shape index (κ2) is 9.53. The maximum absolute atomic E-state index is 12.5. The predicted molar refractivity (Wildman–Crippen MR) is 108 cm³/mol. The Balaban J connectivity index is 2.18. The molecule has 0 aliphatic heterocycles. The van der Waals surface area contributed by atoms with Gasteiger partial charge in [0.1, 0.15) is 5.82 Å². The molecular formula is C20H27ClN4O. The Morgan fingerprint density at radius 1 is 1.08 bits per heavy atom. The molecule has 1 N–H and O–H groups in total. The summed E-state index contributed by atoms with van der Waals surface area (Å²) >= 11 is 5.96. The second-order valence-electron chi connectivity index (χ2n) is 6.35. The SMILES string of the molecule is CCCN(CCC)C(=O)CNc1nc(-c2ccc(Cl)cc2)nc(C)c1C. The molecular weight excluding hydrogens is 348 g/mol. The molecule has 1 heterocycles. The van der Waals surface area contributed by atoms with Crippen molar-refractivity contribution in [3.63, 3.8) is 0 Å². The quantitative estimate of drug-likeness (QED) is 0.740. The van der Waals surface area contributed by atoms with Gasteiger partial charge in [-0.2, -0.15) is 0 Å². The van der Waals surface area contributed by atoms with Crippen LogP contribution in [0.15, 0.2) is 24.3 Å². The fourth-order valence-corrected chi connectivity index (χ4v) is 2.83. The zero-order chi connectivity index (χ0) is 19.1. The van der Waals surface area contributed by atoms with E-state index in [1.807, 2.05) is 43.0 Å². The summed E-state index contributed by atoms with van der Waals surface area (Å²) in [5.41, 5.74) is 2.73. The van der Waals surface area contributed by atoms with Gasteiger partial charge in [-0.05, 0) is 51.0 Å². The van der Waals surface area contributed by atoms with E-state index in [0.717, 1.165) is 42.8 Å². The van der Waals surface area contributed by atoms with E-state index in [-0.39, 0.29) is 12.5 Å². The number of anilines is 1. The molecule has 140 valence electrons. The first-order chi connectivity index (χ1) is 12.5. The summed E-state index contributed by atoms with van der Waals surface area (Å²) in [6, 6.07) is 7.43. The monoisotopic (exact) mass is 374 g/mol. The van der Waals surface area contributed by atoms with Crippen LogP contribution in [-0.2, 0) is 4.79 Å². The van der Waals surface area contributed by atoms with Crippen molar-refractivity contribution < 1.29 is 4.79 Å². The average molecular weight is 375 g/mol. The number of hydrogen-bond donors (Lipinski definition) is 1. The third kappa shape index (κ3) is 5.18. The zero-order valence-corrected chi connectivity index (χ0v) is 16.7. The Labute approximate surface area is 160 Å². The zero-order valence-electron chi connectivity index (χ0n) is 16.0. The molecule has 1 amide bonds. The van der Waals surface area contributed by atoms with Crippen molar-refractivity contribution in [3.8, 4) is 11.4 Å². The number of carbonyl (C=O) groups excluding carboxylic acids is 1. The van der Waals surface area contributed by atoms with E-state index in [4.69, 9.17) is 11.6 Å². The minimum atomic E-state index is 0.0948. The first kappa shape index (κ1) is 20.2. The van der Waals surface area contributed by atoms with Gasteiger partial charge in [-0.3, -0.25) is 4.79 Å². The van der Waals surface area contributed by atoms with Gasteiger partial charge >= 0.3 is 0 Å². The Hall–Kier alpha value is -2.14. The number of carbonyl (C=O) groups is 1. The molecule has 1 aromatic carbocycles. The van der Waals surface area contributed by atoms with Crippen molar-refractivity contribution in [3.05, 3.63) is 40.5 Å². The number of hydrogen-bond acceptors (Lipinski definition) is 4. The van der Waals surface area contributed by atoms with Gasteiger partial charge in [0.05, 0.1) is 6.54 Å². The van der Waals surface area contributed by atoms with Gasteiger partial charge in [-0.15, -0.1) is 0 Å². The van der Waals surface area contributed by atoms with Crippen LogP contribution in [-0.4, -0.2) is 40.4 Å². The Bertz CT molecular complexity index is 740. The maximum Gasteiger partial charge on any atom is 0.241 e. The molecule has 0 radical (unpaired) electrons. The molecule has 0 fully saturated rings. The van der Waals surface area contributed by atoms with Crippen molar-refractivity contribution >= 4 is 23.3 Å². The fourth-order valence-electron chi connectivity index (χ4n) is 2.70. The van der Waals surface area contributed by atoms with E-state index < -0.39 is 0 Å². The summed E-state index contributed by atoms with van der Waals surface area (Å²) in [6.07, 6.45) is 1.91. The topological polar surface area (TPSA) is 58.1 Å². The fraction of sp³-hybridized carbons (Fsp3) is 0.450. The van der Waals surface area contributed by atoms with E-state index in [1.165, 1.54) is 0 Å². The van der Waals surface area contributed by atoms with Crippen LogP contribution in [0.2, 0.25) is 5.02 Å². The third-order valence-electron chi connectivity index (χ3n) is 4.24. The third-order valence-corrected chi connectivity index (χ3v) is 4.49. The molecule has 5 nitrogen and oxygen atoms in total. The molecule has 26 heavy (non-hydrogen) atoms. The molecule has 0 saturated heterocycles. The summed E-state index contributed by atoms with van der Waals surface area (Å²) in [7, 11) is 0. The van der Waals surface area contributed by atoms with Crippen molar-refractivity contribution in [2.75, 3.05) is 25.0 Å². The highest BCUT2D eigenvalue weighted by molar-refractivity contribution is 6.30. The van der Waals surface area contributed by atoms with Crippen molar-refractivity contribution in [1.82, 2.24) is 14.9 Å². The Morgan fingerprint density at radius 2 is 1.69 bits per heavy atom. The van der Waals surface area contributed by atoms with Gasteiger partial charge in [0.15, 0.2) is 5.82 Å². The van der Waals surface area contributed by atoms with Gasteiger partial charge in [0.25, 0.3) is 0 Å². The van der Waals surface area contributed by atoms with Crippen molar-refractivity contribution in [2.24, 2.45) is 0 Å². The van der Waals surface area contributed by atoms with Crippen LogP contribution in [0.1, 0.15) is 37.9 Å². The van der Waals surface area contributed by atoms with Crippen LogP contribution in [0, 0.1) is 13.8 Å². The Kier molecular flexibility index (Phi) is 7.39. The number of benzene rings is 1. The van der Waals surface area contributed by atoms with Crippen LogP contribution >= 0.6 is 11.6 Å². The largest absolute Gasteiger partial charge is 0.361 e. The van der Waals surface area contributed by atoms with Crippen molar-refractivity contribution in [2.45, 2.75) is 40.5 Å². The van der Waals surface area contributed by atoms with Crippen LogP contribution in [0.3, 0.4) is 0 Å². The summed E-state index contributed by atoms with van der Waals surface area (Å²) in [4.78, 5) is 23.6. The smallest absolute Gasteiger partial charge is 0.241 e. The van der Waals surface area contributed by atoms with E-state index >= 15 is 0 Å². The van der Waals surface area contributed by atoms with E-state index in [1.54, 1.807) is 0 Å². The first-order valence-corrected chi connectivity index (χ1v) is 9.46. The molecule has 0 unspecified atom stereocenters. The molecule has 2 rings (SSSR count). The highest BCUT2D eigenvalue weighted by Gasteiger charge is 2.14. The van der Waals surface area contributed by atoms with Crippen LogP contribution in [0.5, 0.6) is 0 Å². The normalized spacial score (nSPS) is 10.7. The number of nitrogens with zero attached hydrogens (tertiary/aromatic N) is 3. The van der Waals surface area contributed by atoms with E-state index in [9.17, 15) is 4.79 Å². The summed E-state index contributed by atoms with van der Waals surface area (Å²) in [5, 5.41) is 3.88.